The Morgan fingerprint density at radius 1 is 1.19 bits per heavy atom. The lowest BCUT2D eigenvalue weighted by Gasteiger charge is -2.06. The minimum absolute atomic E-state index is 0.00581. The number of hydrogen-bond donors (Lipinski definition) is 1. The van der Waals surface area contributed by atoms with Crippen molar-refractivity contribution in [1.82, 2.24) is 19.9 Å². The van der Waals surface area contributed by atoms with E-state index in [0.717, 1.165) is 51.2 Å². The second-order valence-electron chi connectivity index (χ2n) is 6.43. The largest absolute Gasteiger partial charge is 0.309 e. The van der Waals surface area contributed by atoms with Gasteiger partial charge < -0.3 is 4.98 Å². The average molecular weight is 380 g/mol. The zero-order valence-corrected chi connectivity index (χ0v) is 15.8. The Morgan fingerprint density at radius 3 is 3.00 bits per heavy atom. The molecule has 1 aliphatic rings. The number of nitrogens with one attached hydrogen (secondary N) is 1. The third kappa shape index (κ3) is 2.62. The maximum Gasteiger partial charge on any atom is 0.259 e. The van der Waals surface area contributed by atoms with Crippen molar-refractivity contribution >= 4 is 44.2 Å². The number of aromatic amines is 1. The van der Waals surface area contributed by atoms with E-state index in [0.29, 0.717) is 11.6 Å². The summed E-state index contributed by atoms with van der Waals surface area (Å²) in [5, 5.41) is 2.76. The number of benzene rings is 1. The molecule has 5 rings (SSSR count). The third-order valence-electron chi connectivity index (χ3n) is 4.65. The molecule has 7 heteroatoms. The fourth-order valence-electron chi connectivity index (χ4n) is 3.52. The third-order valence-corrected chi connectivity index (χ3v) is 6.84. The van der Waals surface area contributed by atoms with Crippen LogP contribution in [-0.4, -0.2) is 19.9 Å². The Balaban J connectivity index is 1.50. The summed E-state index contributed by atoms with van der Waals surface area (Å²) in [5.74, 6) is 2.03. The number of hydrogen-bond acceptors (Lipinski definition) is 6. The van der Waals surface area contributed by atoms with Crippen molar-refractivity contribution < 1.29 is 0 Å². The predicted molar refractivity (Wildman–Crippen MR) is 106 cm³/mol. The Labute approximate surface area is 157 Å². The molecule has 5 nitrogen and oxygen atoms in total. The number of nitrogens with zero attached hydrogens (tertiary/aromatic N) is 3. The Kier molecular flexibility index (Phi) is 3.79. The molecule has 26 heavy (non-hydrogen) atoms. The van der Waals surface area contributed by atoms with Crippen molar-refractivity contribution in [2.24, 2.45) is 0 Å². The van der Waals surface area contributed by atoms with E-state index in [1.807, 2.05) is 31.2 Å². The SMILES string of the molecule is Cc1nc(SCc2nc3sc4c(c3c(=O)[nH]2)CCC4)c2ccccc2n1. The number of thioether (sulfide) groups is 1. The van der Waals surface area contributed by atoms with Crippen LogP contribution < -0.4 is 5.56 Å². The van der Waals surface area contributed by atoms with Gasteiger partial charge in [-0.15, -0.1) is 11.3 Å². The Morgan fingerprint density at radius 2 is 2.08 bits per heavy atom. The Bertz CT molecular complexity index is 1210. The summed E-state index contributed by atoms with van der Waals surface area (Å²) in [4.78, 5) is 31.5. The summed E-state index contributed by atoms with van der Waals surface area (Å²) in [5.41, 5.74) is 2.15. The molecule has 0 amide bonds. The van der Waals surface area contributed by atoms with Crippen molar-refractivity contribution in [2.75, 3.05) is 0 Å². The minimum Gasteiger partial charge on any atom is -0.309 e. The van der Waals surface area contributed by atoms with E-state index in [-0.39, 0.29) is 5.56 Å². The molecule has 4 aromatic rings. The van der Waals surface area contributed by atoms with Crippen molar-refractivity contribution in [3.63, 3.8) is 0 Å². The number of fused-ring (bicyclic) bond motifs is 4. The molecule has 0 spiro atoms. The molecular formula is C19H16N4OS2. The molecule has 1 N–H and O–H groups in total. The average Bonchev–Trinajstić information content (AvgIpc) is 3.20. The van der Waals surface area contributed by atoms with Crippen LogP contribution in [0.4, 0.5) is 0 Å². The topological polar surface area (TPSA) is 71.5 Å². The molecule has 0 unspecified atom stereocenters. The maximum absolute atomic E-state index is 12.6. The molecule has 1 aromatic carbocycles. The van der Waals surface area contributed by atoms with Crippen LogP contribution in [0.25, 0.3) is 21.1 Å². The molecule has 3 heterocycles. The second kappa shape index (κ2) is 6.17. The van der Waals surface area contributed by atoms with Gasteiger partial charge >= 0.3 is 0 Å². The summed E-state index contributed by atoms with van der Waals surface area (Å²) < 4.78 is 0. The molecular weight excluding hydrogens is 364 g/mol. The number of aromatic nitrogens is 4. The van der Waals surface area contributed by atoms with Crippen LogP contribution in [0, 0.1) is 6.92 Å². The highest BCUT2D eigenvalue weighted by Gasteiger charge is 2.21. The summed E-state index contributed by atoms with van der Waals surface area (Å²) in [6.07, 6.45) is 3.22. The normalized spacial score (nSPS) is 13.6. The lowest BCUT2D eigenvalue weighted by Crippen LogP contribution is -2.11. The predicted octanol–water partition coefficient (Wildman–Crippen LogP) is 4.02. The molecule has 0 radical (unpaired) electrons. The molecule has 130 valence electrons. The second-order valence-corrected chi connectivity index (χ2v) is 8.48. The molecule has 0 fully saturated rings. The van der Waals surface area contributed by atoms with Crippen LogP contribution in [0.5, 0.6) is 0 Å². The molecule has 1 aliphatic carbocycles. The van der Waals surface area contributed by atoms with Gasteiger partial charge in [0.05, 0.1) is 16.7 Å². The number of H-pyrrole nitrogens is 1. The van der Waals surface area contributed by atoms with E-state index in [1.54, 1.807) is 23.1 Å². The minimum atomic E-state index is -0.00581. The van der Waals surface area contributed by atoms with Crippen molar-refractivity contribution in [3.8, 4) is 0 Å². The van der Waals surface area contributed by atoms with E-state index < -0.39 is 0 Å². The summed E-state index contributed by atoms with van der Waals surface area (Å²) in [6, 6.07) is 7.99. The van der Waals surface area contributed by atoms with Gasteiger partial charge in [0.15, 0.2) is 0 Å². The number of aryl methyl sites for hydroxylation is 3. The first-order chi connectivity index (χ1) is 12.7. The van der Waals surface area contributed by atoms with Gasteiger partial charge in [0.2, 0.25) is 0 Å². The molecule has 0 saturated heterocycles. The summed E-state index contributed by atoms with van der Waals surface area (Å²) in [6.45, 7) is 1.90. The number of para-hydroxylation sites is 1. The van der Waals surface area contributed by atoms with E-state index in [4.69, 9.17) is 4.98 Å². The lowest BCUT2D eigenvalue weighted by molar-refractivity contribution is 0.916. The highest BCUT2D eigenvalue weighted by atomic mass is 32.2. The van der Waals surface area contributed by atoms with Gasteiger partial charge in [0.25, 0.3) is 5.56 Å². The first kappa shape index (κ1) is 16.0. The zero-order chi connectivity index (χ0) is 17.7. The molecule has 0 saturated carbocycles. The first-order valence-corrected chi connectivity index (χ1v) is 10.4. The standard InChI is InChI=1S/C19H16N4OS2/c1-10-20-13-7-3-2-5-11(13)18(21-10)25-9-15-22-17(24)16-12-6-4-8-14(12)26-19(16)23-15/h2-3,5,7H,4,6,8-9H2,1H3,(H,22,23,24). The van der Waals surface area contributed by atoms with Crippen LogP contribution in [0.1, 0.15) is 28.5 Å². The highest BCUT2D eigenvalue weighted by molar-refractivity contribution is 7.98. The highest BCUT2D eigenvalue weighted by Crippen LogP contribution is 2.35. The van der Waals surface area contributed by atoms with Gasteiger partial charge in [-0.3, -0.25) is 4.79 Å². The van der Waals surface area contributed by atoms with Gasteiger partial charge in [-0.25, -0.2) is 15.0 Å². The first-order valence-electron chi connectivity index (χ1n) is 8.58. The van der Waals surface area contributed by atoms with Crippen molar-refractivity contribution in [1.29, 1.82) is 0 Å². The van der Waals surface area contributed by atoms with Crippen LogP contribution in [-0.2, 0) is 18.6 Å². The van der Waals surface area contributed by atoms with Crippen LogP contribution in [0.15, 0.2) is 34.1 Å². The van der Waals surface area contributed by atoms with Crippen molar-refractivity contribution in [2.45, 2.75) is 37.0 Å². The fourth-order valence-corrected chi connectivity index (χ4v) is 5.74. The quantitative estimate of drug-likeness (QED) is 0.429. The van der Waals surface area contributed by atoms with Gasteiger partial charge in [0, 0.05) is 10.3 Å². The fraction of sp³-hybridized carbons (Fsp3) is 0.263. The maximum atomic E-state index is 12.6. The number of thiophene rings is 1. The van der Waals surface area contributed by atoms with Crippen LogP contribution >= 0.6 is 23.1 Å². The smallest absolute Gasteiger partial charge is 0.259 e. The van der Waals surface area contributed by atoms with E-state index in [9.17, 15) is 4.79 Å². The van der Waals surface area contributed by atoms with Crippen molar-refractivity contribution in [3.05, 3.63) is 56.7 Å². The van der Waals surface area contributed by atoms with Gasteiger partial charge in [-0.1, -0.05) is 30.0 Å². The van der Waals surface area contributed by atoms with E-state index >= 15 is 0 Å². The van der Waals surface area contributed by atoms with Crippen LogP contribution in [0.3, 0.4) is 0 Å². The van der Waals surface area contributed by atoms with Gasteiger partial charge in [-0.2, -0.15) is 0 Å². The summed E-state index contributed by atoms with van der Waals surface area (Å²) >= 11 is 3.26. The molecule has 3 aromatic heterocycles. The van der Waals surface area contributed by atoms with Crippen LogP contribution in [0.2, 0.25) is 0 Å². The van der Waals surface area contributed by atoms with Gasteiger partial charge in [0.1, 0.15) is 21.5 Å². The van der Waals surface area contributed by atoms with E-state index in [1.165, 1.54) is 10.4 Å². The Hall–Kier alpha value is -2.25. The zero-order valence-electron chi connectivity index (χ0n) is 14.2. The monoisotopic (exact) mass is 380 g/mol. The summed E-state index contributed by atoms with van der Waals surface area (Å²) in [7, 11) is 0. The number of rotatable bonds is 3. The molecule has 0 bridgehead atoms. The lowest BCUT2D eigenvalue weighted by atomic mass is 10.2. The van der Waals surface area contributed by atoms with Gasteiger partial charge in [-0.05, 0) is 37.8 Å². The molecule has 0 atom stereocenters. The molecule has 0 aliphatic heterocycles. The van der Waals surface area contributed by atoms with E-state index in [2.05, 4.69) is 15.0 Å².